The fourth-order valence-electron chi connectivity index (χ4n) is 2.43. The van der Waals surface area contributed by atoms with Crippen LogP contribution in [-0.4, -0.2) is 22.6 Å². The van der Waals surface area contributed by atoms with Gasteiger partial charge in [0.15, 0.2) is 11.5 Å². The van der Waals surface area contributed by atoms with Crippen LogP contribution in [0.5, 0.6) is 23.0 Å². The Kier molecular flexibility index (Phi) is 5.52. The van der Waals surface area contributed by atoms with Gasteiger partial charge in [0.25, 0.3) is 10.0 Å². The Hall–Kier alpha value is -3.19. The van der Waals surface area contributed by atoms with Crippen molar-refractivity contribution >= 4 is 15.7 Å². The topological polar surface area (TPSA) is 73.9 Å². The van der Waals surface area contributed by atoms with Gasteiger partial charge in [-0.05, 0) is 48.5 Å². The fourth-order valence-corrected chi connectivity index (χ4v) is 3.47. The quantitative estimate of drug-likeness (QED) is 0.656. The molecule has 0 fully saturated rings. The van der Waals surface area contributed by atoms with E-state index in [1.165, 1.54) is 26.4 Å². The largest absolute Gasteiger partial charge is 0.493 e. The van der Waals surface area contributed by atoms with Crippen molar-refractivity contribution in [1.29, 1.82) is 0 Å². The number of anilines is 1. The zero-order valence-corrected chi connectivity index (χ0v) is 15.7. The van der Waals surface area contributed by atoms with Crippen molar-refractivity contribution < 1.29 is 22.6 Å². The minimum atomic E-state index is -3.75. The van der Waals surface area contributed by atoms with E-state index in [0.717, 1.165) is 0 Å². The molecule has 0 bridgehead atoms. The molecule has 0 amide bonds. The number of methoxy groups -OCH3 is 2. The summed E-state index contributed by atoms with van der Waals surface area (Å²) in [5, 5.41) is 0. The van der Waals surface area contributed by atoms with Crippen LogP contribution in [0.1, 0.15) is 0 Å². The summed E-state index contributed by atoms with van der Waals surface area (Å²) in [5.41, 5.74) is 0.372. The van der Waals surface area contributed by atoms with Gasteiger partial charge in [0.1, 0.15) is 11.5 Å². The first-order valence-electron chi connectivity index (χ1n) is 8.09. The summed E-state index contributed by atoms with van der Waals surface area (Å²) in [6.45, 7) is 0. The summed E-state index contributed by atoms with van der Waals surface area (Å²) in [5.74, 6) is 2.18. The summed E-state index contributed by atoms with van der Waals surface area (Å²) in [4.78, 5) is 0.123. The number of nitrogens with one attached hydrogen (secondary N) is 1. The molecule has 0 heterocycles. The third kappa shape index (κ3) is 4.51. The molecule has 3 aromatic carbocycles. The molecule has 27 heavy (non-hydrogen) atoms. The zero-order chi connectivity index (χ0) is 19.3. The lowest BCUT2D eigenvalue weighted by atomic mass is 10.3. The highest BCUT2D eigenvalue weighted by molar-refractivity contribution is 7.92. The Morgan fingerprint density at radius 1 is 0.741 bits per heavy atom. The normalized spacial score (nSPS) is 10.9. The molecule has 0 saturated carbocycles. The van der Waals surface area contributed by atoms with Crippen molar-refractivity contribution in [3.63, 3.8) is 0 Å². The number of para-hydroxylation sites is 1. The predicted molar refractivity (Wildman–Crippen MR) is 103 cm³/mol. The molecule has 0 aliphatic carbocycles. The summed E-state index contributed by atoms with van der Waals surface area (Å²) >= 11 is 0. The molecule has 0 aliphatic heterocycles. The van der Waals surface area contributed by atoms with E-state index >= 15 is 0 Å². The molecule has 0 unspecified atom stereocenters. The SMILES string of the molecule is COc1ccc(NS(=O)(=O)c2ccc(Oc3ccccc3)cc2)cc1OC. The van der Waals surface area contributed by atoms with Gasteiger partial charge in [-0.25, -0.2) is 8.42 Å². The Bertz CT molecular complexity index is 1000. The van der Waals surface area contributed by atoms with Crippen molar-refractivity contribution in [3.8, 4) is 23.0 Å². The molecule has 3 rings (SSSR count). The molecule has 1 N–H and O–H groups in total. The molecule has 0 radical (unpaired) electrons. The van der Waals surface area contributed by atoms with Gasteiger partial charge in [-0.15, -0.1) is 0 Å². The van der Waals surface area contributed by atoms with Crippen LogP contribution in [-0.2, 0) is 10.0 Å². The lowest BCUT2D eigenvalue weighted by Gasteiger charge is -2.12. The van der Waals surface area contributed by atoms with Crippen LogP contribution in [0, 0.1) is 0 Å². The van der Waals surface area contributed by atoms with Crippen LogP contribution in [0.15, 0.2) is 77.7 Å². The highest BCUT2D eigenvalue weighted by Crippen LogP contribution is 2.31. The lowest BCUT2D eigenvalue weighted by molar-refractivity contribution is 0.355. The van der Waals surface area contributed by atoms with Crippen LogP contribution in [0.2, 0.25) is 0 Å². The van der Waals surface area contributed by atoms with Crippen molar-refractivity contribution in [2.45, 2.75) is 4.90 Å². The van der Waals surface area contributed by atoms with Crippen LogP contribution in [0.25, 0.3) is 0 Å². The minimum absolute atomic E-state index is 0.123. The van der Waals surface area contributed by atoms with Crippen LogP contribution >= 0.6 is 0 Å². The summed E-state index contributed by atoms with van der Waals surface area (Å²) in [6.07, 6.45) is 0. The first-order valence-corrected chi connectivity index (χ1v) is 9.58. The van der Waals surface area contributed by atoms with E-state index in [1.54, 1.807) is 30.3 Å². The Morgan fingerprint density at radius 3 is 2.00 bits per heavy atom. The van der Waals surface area contributed by atoms with Crippen molar-refractivity contribution in [1.82, 2.24) is 0 Å². The first kappa shape index (κ1) is 18.6. The van der Waals surface area contributed by atoms with Gasteiger partial charge in [-0.3, -0.25) is 4.72 Å². The van der Waals surface area contributed by atoms with E-state index < -0.39 is 10.0 Å². The third-order valence-electron chi connectivity index (χ3n) is 3.75. The van der Waals surface area contributed by atoms with E-state index in [-0.39, 0.29) is 4.90 Å². The van der Waals surface area contributed by atoms with Crippen LogP contribution in [0.4, 0.5) is 5.69 Å². The maximum absolute atomic E-state index is 12.6. The molecule has 140 valence electrons. The maximum Gasteiger partial charge on any atom is 0.261 e. The number of sulfonamides is 1. The van der Waals surface area contributed by atoms with Gasteiger partial charge in [-0.2, -0.15) is 0 Å². The average Bonchev–Trinajstić information content (AvgIpc) is 2.69. The van der Waals surface area contributed by atoms with E-state index in [2.05, 4.69) is 4.72 Å². The van der Waals surface area contributed by atoms with E-state index in [1.807, 2.05) is 30.3 Å². The second-order valence-corrected chi connectivity index (χ2v) is 7.24. The minimum Gasteiger partial charge on any atom is -0.493 e. The highest BCUT2D eigenvalue weighted by atomic mass is 32.2. The van der Waals surface area contributed by atoms with Crippen molar-refractivity contribution in [2.75, 3.05) is 18.9 Å². The molecule has 0 saturated heterocycles. The molecule has 0 aliphatic rings. The second-order valence-electron chi connectivity index (χ2n) is 5.56. The smallest absolute Gasteiger partial charge is 0.261 e. The van der Waals surface area contributed by atoms with Gasteiger partial charge in [-0.1, -0.05) is 18.2 Å². The number of benzene rings is 3. The standard InChI is InChI=1S/C20H19NO5S/c1-24-19-13-8-15(14-20(19)25-2)21-27(22,23)18-11-9-17(10-12-18)26-16-6-4-3-5-7-16/h3-14,21H,1-2H3. The molecule has 0 aromatic heterocycles. The fraction of sp³-hybridized carbons (Fsp3) is 0.100. The Labute approximate surface area is 158 Å². The van der Waals surface area contributed by atoms with Gasteiger partial charge >= 0.3 is 0 Å². The molecule has 0 spiro atoms. The van der Waals surface area contributed by atoms with E-state index in [4.69, 9.17) is 14.2 Å². The van der Waals surface area contributed by atoms with Gasteiger partial charge in [0.05, 0.1) is 24.8 Å². The maximum atomic E-state index is 12.6. The Morgan fingerprint density at radius 2 is 1.37 bits per heavy atom. The number of hydrogen-bond donors (Lipinski definition) is 1. The predicted octanol–water partition coefficient (Wildman–Crippen LogP) is 4.30. The van der Waals surface area contributed by atoms with Gasteiger partial charge in [0.2, 0.25) is 0 Å². The summed E-state index contributed by atoms with van der Waals surface area (Å²) < 4.78 is 43.7. The molecule has 0 atom stereocenters. The summed E-state index contributed by atoms with van der Waals surface area (Å²) in [6, 6.07) is 20.2. The molecule has 7 heteroatoms. The highest BCUT2D eigenvalue weighted by Gasteiger charge is 2.15. The van der Waals surface area contributed by atoms with Gasteiger partial charge in [0, 0.05) is 6.07 Å². The molecule has 3 aromatic rings. The van der Waals surface area contributed by atoms with Crippen LogP contribution in [0.3, 0.4) is 0 Å². The van der Waals surface area contributed by atoms with Gasteiger partial charge < -0.3 is 14.2 Å². The van der Waals surface area contributed by atoms with Crippen molar-refractivity contribution in [3.05, 3.63) is 72.8 Å². The lowest BCUT2D eigenvalue weighted by Crippen LogP contribution is -2.13. The van der Waals surface area contributed by atoms with E-state index in [0.29, 0.717) is 28.7 Å². The van der Waals surface area contributed by atoms with E-state index in [9.17, 15) is 8.42 Å². The molecular weight excluding hydrogens is 366 g/mol. The van der Waals surface area contributed by atoms with Crippen molar-refractivity contribution in [2.24, 2.45) is 0 Å². The monoisotopic (exact) mass is 385 g/mol. The summed E-state index contributed by atoms with van der Waals surface area (Å²) in [7, 11) is -0.747. The second kappa shape index (κ2) is 8.01. The average molecular weight is 385 g/mol. The zero-order valence-electron chi connectivity index (χ0n) is 14.9. The number of hydrogen-bond acceptors (Lipinski definition) is 5. The number of rotatable bonds is 7. The molecular formula is C20H19NO5S. The van der Waals surface area contributed by atoms with Crippen LogP contribution < -0.4 is 18.9 Å². The molecule has 6 nitrogen and oxygen atoms in total. The Balaban J connectivity index is 1.77. The third-order valence-corrected chi connectivity index (χ3v) is 5.15. The number of ether oxygens (including phenoxy) is 3. The first-order chi connectivity index (χ1) is 13.0.